The zero-order valence-corrected chi connectivity index (χ0v) is 9.69. The van der Waals surface area contributed by atoms with E-state index >= 15 is 0 Å². The van der Waals surface area contributed by atoms with E-state index in [2.05, 4.69) is 51.8 Å². The number of rotatable bonds is 1. The Morgan fingerprint density at radius 3 is 3.08 bits per heavy atom. The van der Waals surface area contributed by atoms with Gasteiger partial charge in [0.1, 0.15) is 0 Å². The van der Waals surface area contributed by atoms with E-state index in [-0.39, 0.29) is 5.54 Å². The topological polar surface area (TPSA) is 17.0 Å². The van der Waals surface area contributed by atoms with Crippen LogP contribution in [0.1, 0.15) is 26.0 Å². The maximum atomic E-state index is 3.57. The van der Waals surface area contributed by atoms with Crippen LogP contribution in [-0.4, -0.2) is 11.1 Å². The average Bonchev–Trinajstić information content (AvgIpc) is 2.50. The molecule has 2 rings (SSSR count). The first-order valence-electron chi connectivity index (χ1n) is 4.78. The summed E-state index contributed by atoms with van der Waals surface area (Å²) in [5, 5.41) is 3.57. The Morgan fingerprint density at radius 1 is 1.62 bits per heavy atom. The maximum absolute atomic E-state index is 3.57. The van der Waals surface area contributed by atoms with Gasteiger partial charge in [0.15, 0.2) is 0 Å². The van der Waals surface area contributed by atoms with Crippen molar-refractivity contribution in [1.82, 2.24) is 9.88 Å². The standard InChI is InChI=1S/C10H15BrN2/c1-3-10(2)8-4-5-9(11)13(8)7-6-12-10/h4-5,12H,3,6-7H2,1-2H3. The molecule has 0 aromatic carbocycles. The molecule has 0 aliphatic carbocycles. The molecule has 2 heterocycles. The van der Waals surface area contributed by atoms with E-state index in [1.807, 2.05) is 0 Å². The quantitative estimate of drug-likeness (QED) is 0.801. The van der Waals surface area contributed by atoms with Crippen molar-refractivity contribution in [2.45, 2.75) is 32.4 Å². The van der Waals surface area contributed by atoms with E-state index in [0.717, 1.165) is 19.5 Å². The van der Waals surface area contributed by atoms with Crippen molar-refractivity contribution in [1.29, 1.82) is 0 Å². The first-order valence-corrected chi connectivity index (χ1v) is 5.57. The number of aromatic nitrogens is 1. The van der Waals surface area contributed by atoms with Crippen molar-refractivity contribution in [3.05, 3.63) is 22.4 Å². The first-order chi connectivity index (χ1) is 6.17. The molecule has 13 heavy (non-hydrogen) atoms. The van der Waals surface area contributed by atoms with Crippen molar-refractivity contribution >= 4 is 15.9 Å². The van der Waals surface area contributed by atoms with Gasteiger partial charge in [-0.15, -0.1) is 0 Å². The molecule has 1 aliphatic rings. The van der Waals surface area contributed by atoms with Crippen LogP contribution in [0.15, 0.2) is 16.7 Å². The molecule has 0 saturated heterocycles. The molecule has 3 heteroatoms. The van der Waals surface area contributed by atoms with Crippen LogP contribution >= 0.6 is 15.9 Å². The minimum absolute atomic E-state index is 0.157. The molecule has 1 N–H and O–H groups in total. The average molecular weight is 243 g/mol. The van der Waals surface area contributed by atoms with Crippen LogP contribution in [0.2, 0.25) is 0 Å². The lowest BCUT2D eigenvalue weighted by Gasteiger charge is -2.36. The molecule has 0 amide bonds. The summed E-state index contributed by atoms with van der Waals surface area (Å²) >= 11 is 3.57. The molecule has 1 aliphatic heterocycles. The van der Waals surface area contributed by atoms with Crippen molar-refractivity contribution in [2.75, 3.05) is 6.54 Å². The van der Waals surface area contributed by atoms with Gasteiger partial charge in [0, 0.05) is 18.8 Å². The van der Waals surface area contributed by atoms with Crippen molar-refractivity contribution < 1.29 is 0 Å². The zero-order chi connectivity index (χ0) is 9.47. The molecule has 0 bridgehead atoms. The molecule has 1 unspecified atom stereocenters. The number of nitrogens with zero attached hydrogens (tertiary/aromatic N) is 1. The fourth-order valence-electron chi connectivity index (χ4n) is 1.99. The van der Waals surface area contributed by atoms with Crippen molar-refractivity contribution in [2.24, 2.45) is 0 Å². The highest BCUT2D eigenvalue weighted by Gasteiger charge is 2.30. The molecule has 72 valence electrons. The number of halogens is 1. The Kier molecular flexibility index (Phi) is 2.24. The van der Waals surface area contributed by atoms with Crippen LogP contribution in [0, 0.1) is 0 Å². The highest BCUT2D eigenvalue weighted by atomic mass is 79.9. The lowest BCUT2D eigenvalue weighted by molar-refractivity contribution is 0.288. The third-order valence-electron chi connectivity index (χ3n) is 3.05. The third-order valence-corrected chi connectivity index (χ3v) is 3.74. The minimum Gasteiger partial charge on any atom is -0.336 e. The zero-order valence-electron chi connectivity index (χ0n) is 8.10. The number of hydrogen-bond acceptors (Lipinski definition) is 1. The van der Waals surface area contributed by atoms with Crippen LogP contribution in [0.5, 0.6) is 0 Å². The van der Waals surface area contributed by atoms with Crippen molar-refractivity contribution in [3.63, 3.8) is 0 Å². The van der Waals surface area contributed by atoms with Gasteiger partial charge < -0.3 is 9.88 Å². The summed E-state index contributed by atoms with van der Waals surface area (Å²) in [5.41, 5.74) is 1.55. The van der Waals surface area contributed by atoms with E-state index in [1.54, 1.807) is 0 Å². The first kappa shape index (κ1) is 9.28. The number of hydrogen-bond donors (Lipinski definition) is 1. The van der Waals surface area contributed by atoms with E-state index in [1.165, 1.54) is 10.3 Å². The van der Waals surface area contributed by atoms with E-state index < -0.39 is 0 Å². The second kappa shape index (κ2) is 3.14. The van der Waals surface area contributed by atoms with Gasteiger partial charge in [-0.25, -0.2) is 0 Å². The van der Waals surface area contributed by atoms with Gasteiger partial charge in [-0.1, -0.05) is 6.92 Å². The van der Waals surface area contributed by atoms with Gasteiger partial charge >= 0.3 is 0 Å². The van der Waals surface area contributed by atoms with Crippen LogP contribution in [0.3, 0.4) is 0 Å². The van der Waals surface area contributed by atoms with E-state index in [9.17, 15) is 0 Å². The molecule has 0 saturated carbocycles. The molecule has 0 radical (unpaired) electrons. The molecular weight excluding hydrogens is 228 g/mol. The van der Waals surface area contributed by atoms with Gasteiger partial charge in [-0.05, 0) is 41.4 Å². The lowest BCUT2D eigenvalue weighted by atomic mass is 9.93. The molecular formula is C10H15BrN2. The minimum atomic E-state index is 0.157. The van der Waals surface area contributed by atoms with Gasteiger partial charge in [0.05, 0.1) is 10.1 Å². The van der Waals surface area contributed by atoms with Gasteiger partial charge in [0.25, 0.3) is 0 Å². The van der Waals surface area contributed by atoms with Crippen LogP contribution < -0.4 is 5.32 Å². The monoisotopic (exact) mass is 242 g/mol. The fourth-order valence-corrected chi connectivity index (χ4v) is 2.49. The molecule has 1 aromatic heterocycles. The molecule has 1 aromatic rings. The van der Waals surface area contributed by atoms with Gasteiger partial charge in [-0.2, -0.15) is 0 Å². The maximum Gasteiger partial charge on any atom is 0.0849 e. The molecule has 2 nitrogen and oxygen atoms in total. The Balaban J connectivity index is 2.49. The summed E-state index contributed by atoms with van der Waals surface area (Å²) in [6, 6.07) is 4.34. The Hall–Kier alpha value is -0.280. The lowest BCUT2D eigenvalue weighted by Crippen LogP contribution is -2.46. The smallest absolute Gasteiger partial charge is 0.0849 e. The molecule has 0 spiro atoms. The van der Waals surface area contributed by atoms with Gasteiger partial charge in [-0.3, -0.25) is 0 Å². The van der Waals surface area contributed by atoms with Crippen LogP contribution in [0.25, 0.3) is 0 Å². The summed E-state index contributed by atoms with van der Waals surface area (Å²) in [6.07, 6.45) is 1.13. The largest absolute Gasteiger partial charge is 0.336 e. The van der Waals surface area contributed by atoms with Crippen LogP contribution in [0.4, 0.5) is 0 Å². The summed E-state index contributed by atoms with van der Waals surface area (Å²) in [5.74, 6) is 0. The number of fused-ring (bicyclic) bond motifs is 1. The van der Waals surface area contributed by atoms with E-state index in [0.29, 0.717) is 0 Å². The normalized spacial score (nSPS) is 27.3. The fraction of sp³-hybridized carbons (Fsp3) is 0.600. The Bertz CT molecular complexity index is 319. The SMILES string of the molecule is CCC1(C)NCCn2c(Br)ccc21. The predicted molar refractivity (Wildman–Crippen MR) is 57.8 cm³/mol. The Labute approximate surface area is 87.5 Å². The molecule has 0 fully saturated rings. The highest BCUT2D eigenvalue weighted by molar-refractivity contribution is 9.10. The second-order valence-electron chi connectivity index (χ2n) is 3.81. The second-order valence-corrected chi connectivity index (χ2v) is 4.62. The van der Waals surface area contributed by atoms with Crippen LogP contribution in [-0.2, 0) is 12.1 Å². The van der Waals surface area contributed by atoms with Crippen molar-refractivity contribution in [3.8, 4) is 0 Å². The highest BCUT2D eigenvalue weighted by Crippen LogP contribution is 2.30. The summed E-state index contributed by atoms with van der Waals surface area (Å²) in [7, 11) is 0. The summed E-state index contributed by atoms with van der Waals surface area (Å²) < 4.78 is 3.55. The van der Waals surface area contributed by atoms with Gasteiger partial charge in [0.2, 0.25) is 0 Å². The molecule has 1 atom stereocenters. The predicted octanol–water partition coefficient (Wildman–Crippen LogP) is 2.48. The number of nitrogens with one attached hydrogen (secondary N) is 1. The Morgan fingerprint density at radius 2 is 2.38 bits per heavy atom. The van der Waals surface area contributed by atoms with E-state index in [4.69, 9.17) is 0 Å². The summed E-state index contributed by atoms with van der Waals surface area (Å²) in [6.45, 7) is 6.62. The third kappa shape index (κ3) is 1.34. The summed E-state index contributed by atoms with van der Waals surface area (Å²) in [4.78, 5) is 0.